The highest BCUT2D eigenvalue weighted by atomic mass is 127. The predicted octanol–water partition coefficient (Wildman–Crippen LogP) is 3.66. The highest BCUT2D eigenvalue weighted by molar-refractivity contribution is 14.0. The second kappa shape index (κ2) is 14.7. The molecule has 0 aromatic carbocycles. The number of rotatable bonds is 9. The van der Waals surface area contributed by atoms with Gasteiger partial charge in [0.15, 0.2) is 5.96 Å². The summed E-state index contributed by atoms with van der Waals surface area (Å²) >= 11 is 1.83. The van der Waals surface area contributed by atoms with Crippen molar-refractivity contribution in [1.29, 1.82) is 0 Å². The van der Waals surface area contributed by atoms with Gasteiger partial charge in [-0.05, 0) is 49.1 Å². The van der Waals surface area contributed by atoms with Crippen LogP contribution in [0.15, 0.2) is 22.5 Å². The molecule has 6 nitrogen and oxygen atoms in total. The van der Waals surface area contributed by atoms with Gasteiger partial charge in [-0.15, -0.1) is 35.3 Å². The molecule has 0 aliphatic carbocycles. The van der Waals surface area contributed by atoms with Crippen molar-refractivity contribution in [1.82, 2.24) is 20.4 Å². The van der Waals surface area contributed by atoms with Gasteiger partial charge < -0.3 is 20.3 Å². The third-order valence-electron chi connectivity index (χ3n) is 6.18. The van der Waals surface area contributed by atoms with Gasteiger partial charge in [0.05, 0.1) is 19.3 Å². The summed E-state index contributed by atoms with van der Waals surface area (Å²) in [5.41, 5.74) is 0. The van der Waals surface area contributed by atoms with E-state index in [1.807, 2.05) is 18.4 Å². The molecule has 2 aliphatic heterocycles. The van der Waals surface area contributed by atoms with Gasteiger partial charge in [0, 0.05) is 51.2 Å². The molecule has 0 saturated carbocycles. The Morgan fingerprint density at radius 2 is 1.94 bits per heavy atom. The van der Waals surface area contributed by atoms with E-state index < -0.39 is 0 Å². The standard InChI is InChI=1S/C23H41N5OS.HI/c1-19-15-20(2)18-27(17-19)9-5-4-8-25-23(24-3)26-16-21(22-7-6-14-30-22)28-10-12-29-13-11-28;/h6-7,14,19-21H,4-5,8-13,15-18H2,1-3H3,(H2,24,25,26);1H. The van der Waals surface area contributed by atoms with Crippen molar-refractivity contribution in [3.05, 3.63) is 22.4 Å². The zero-order valence-corrected chi connectivity index (χ0v) is 22.7. The second-order valence-electron chi connectivity index (χ2n) is 8.97. The van der Waals surface area contributed by atoms with Crippen LogP contribution in [0.25, 0.3) is 0 Å². The summed E-state index contributed by atoms with van der Waals surface area (Å²) in [5.74, 6) is 2.60. The normalized spacial score (nSPS) is 24.4. The van der Waals surface area contributed by atoms with Crippen LogP contribution in [0.5, 0.6) is 0 Å². The Labute approximate surface area is 210 Å². The average Bonchev–Trinajstić information content (AvgIpc) is 3.27. The molecule has 3 rings (SSSR count). The van der Waals surface area contributed by atoms with E-state index in [0.717, 1.165) is 57.2 Å². The smallest absolute Gasteiger partial charge is 0.191 e. The van der Waals surface area contributed by atoms with Gasteiger partial charge in [0.25, 0.3) is 0 Å². The summed E-state index contributed by atoms with van der Waals surface area (Å²) in [6.45, 7) is 14.0. The van der Waals surface area contributed by atoms with Crippen molar-refractivity contribution in [2.45, 2.75) is 39.2 Å². The van der Waals surface area contributed by atoms with Crippen LogP contribution in [0.1, 0.15) is 44.0 Å². The number of piperidine rings is 1. The number of nitrogens with one attached hydrogen (secondary N) is 2. The third kappa shape index (κ3) is 9.15. The number of hydrogen-bond donors (Lipinski definition) is 2. The Morgan fingerprint density at radius 1 is 1.19 bits per heavy atom. The summed E-state index contributed by atoms with van der Waals surface area (Å²) in [6.07, 6.45) is 3.81. The number of thiophene rings is 1. The summed E-state index contributed by atoms with van der Waals surface area (Å²) < 4.78 is 5.55. The van der Waals surface area contributed by atoms with E-state index in [0.29, 0.717) is 6.04 Å². The minimum Gasteiger partial charge on any atom is -0.379 e. The number of likely N-dealkylation sites (tertiary alicyclic amines) is 1. The molecule has 8 heteroatoms. The van der Waals surface area contributed by atoms with Gasteiger partial charge in [-0.1, -0.05) is 19.9 Å². The van der Waals surface area contributed by atoms with E-state index in [4.69, 9.17) is 4.74 Å². The minimum atomic E-state index is 0. The fraction of sp³-hybridized carbons (Fsp3) is 0.783. The maximum absolute atomic E-state index is 5.55. The van der Waals surface area contributed by atoms with Gasteiger partial charge >= 0.3 is 0 Å². The highest BCUT2D eigenvalue weighted by Crippen LogP contribution is 2.25. The molecule has 1 aromatic rings. The number of guanidine groups is 1. The van der Waals surface area contributed by atoms with Gasteiger partial charge in [-0.25, -0.2) is 0 Å². The predicted molar refractivity (Wildman–Crippen MR) is 143 cm³/mol. The van der Waals surface area contributed by atoms with E-state index in [1.165, 1.54) is 43.8 Å². The molecule has 2 N–H and O–H groups in total. The topological polar surface area (TPSA) is 52.1 Å². The summed E-state index contributed by atoms with van der Waals surface area (Å²) in [5, 5.41) is 9.23. The molecule has 0 radical (unpaired) electrons. The monoisotopic (exact) mass is 563 g/mol. The third-order valence-corrected chi connectivity index (χ3v) is 7.16. The number of hydrogen-bond acceptors (Lipinski definition) is 5. The van der Waals surface area contributed by atoms with Crippen LogP contribution >= 0.6 is 35.3 Å². The van der Waals surface area contributed by atoms with Crippen molar-refractivity contribution in [2.24, 2.45) is 16.8 Å². The van der Waals surface area contributed by atoms with Crippen LogP contribution in [-0.2, 0) is 4.74 Å². The quantitative estimate of drug-likeness (QED) is 0.208. The lowest BCUT2D eigenvalue weighted by molar-refractivity contribution is 0.0177. The molecule has 2 fully saturated rings. The zero-order chi connectivity index (χ0) is 21.2. The Hall–Kier alpha value is -0.420. The lowest BCUT2D eigenvalue weighted by Crippen LogP contribution is -2.46. The molecular weight excluding hydrogens is 521 g/mol. The molecule has 3 heterocycles. The average molecular weight is 564 g/mol. The van der Waals surface area contributed by atoms with Gasteiger partial charge in [-0.2, -0.15) is 0 Å². The molecule has 0 spiro atoms. The summed E-state index contributed by atoms with van der Waals surface area (Å²) in [7, 11) is 1.86. The number of ether oxygens (including phenoxy) is 1. The van der Waals surface area contributed by atoms with E-state index >= 15 is 0 Å². The number of halogens is 1. The molecule has 3 atom stereocenters. The molecule has 0 bridgehead atoms. The van der Waals surface area contributed by atoms with E-state index in [1.54, 1.807) is 0 Å². The van der Waals surface area contributed by atoms with Crippen LogP contribution in [-0.4, -0.2) is 81.8 Å². The van der Waals surface area contributed by atoms with E-state index in [9.17, 15) is 0 Å². The first kappa shape index (κ1) is 26.8. The van der Waals surface area contributed by atoms with Crippen LogP contribution in [0, 0.1) is 11.8 Å². The Morgan fingerprint density at radius 3 is 2.58 bits per heavy atom. The minimum absolute atomic E-state index is 0. The van der Waals surface area contributed by atoms with Crippen LogP contribution in [0.3, 0.4) is 0 Å². The number of unbranched alkanes of at least 4 members (excludes halogenated alkanes) is 1. The lowest BCUT2D eigenvalue weighted by atomic mass is 9.92. The largest absolute Gasteiger partial charge is 0.379 e. The van der Waals surface area contributed by atoms with Crippen LogP contribution < -0.4 is 10.6 Å². The molecule has 0 amide bonds. The summed E-state index contributed by atoms with van der Waals surface area (Å²) in [6, 6.07) is 4.76. The van der Waals surface area contributed by atoms with E-state index in [2.05, 4.69) is 56.8 Å². The Bertz CT molecular complexity index is 613. The maximum atomic E-state index is 5.55. The molecular formula is C23H42IN5OS. The first-order chi connectivity index (χ1) is 14.7. The van der Waals surface area contributed by atoms with Gasteiger partial charge in [0.1, 0.15) is 0 Å². The fourth-order valence-electron chi connectivity index (χ4n) is 4.84. The molecule has 31 heavy (non-hydrogen) atoms. The van der Waals surface area contributed by atoms with Crippen molar-refractivity contribution in [3.8, 4) is 0 Å². The van der Waals surface area contributed by atoms with Crippen molar-refractivity contribution >= 4 is 41.3 Å². The van der Waals surface area contributed by atoms with Gasteiger partial charge in [0.2, 0.25) is 0 Å². The first-order valence-corrected chi connectivity index (χ1v) is 12.6. The Kier molecular flexibility index (Phi) is 12.7. The molecule has 1 aromatic heterocycles. The van der Waals surface area contributed by atoms with E-state index in [-0.39, 0.29) is 24.0 Å². The number of morpholine rings is 1. The molecule has 2 aliphatic rings. The van der Waals surface area contributed by atoms with Gasteiger partial charge in [-0.3, -0.25) is 9.89 Å². The summed E-state index contributed by atoms with van der Waals surface area (Å²) in [4.78, 5) is 11.0. The van der Waals surface area contributed by atoms with Crippen LogP contribution in [0.4, 0.5) is 0 Å². The number of aliphatic imine (C=N–C) groups is 1. The SMILES string of the molecule is CN=C(NCCCCN1CC(C)CC(C)C1)NCC(c1cccs1)N1CCOCC1.I. The number of nitrogens with zero attached hydrogens (tertiary/aromatic N) is 3. The first-order valence-electron chi connectivity index (χ1n) is 11.7. The van der Waals surface area contributed by atoms with Crippen molar-refractivity contribution in [2.75, 3.05) is 66.1 Å². The highest BCUT2D eigenvalue weighted by Gasteiger charge is 2.24. The molecule has 178 valence electrons. The van der Waals surface area contributed by atoms with Crippen molar-refractivity contribution in [3.63, 3.8) is 0 Å². The zero-order valence-electron chi connectivity index (χ0n) is 19.5. The van der Waals surface area contributed by atoms with Crippen molar-refractivity contribution < 1.29 is 4.74 Å². The molecule has 2 saturated heterocycles. The fourth-order valence-corrected chi connectivity index (χ4v) is 5.70. The van der Waals surface area contributed by atoms with Crippen LogP contribution in [0.2, 0.25) is 0 Å². The molecule has 3 unspecified atom stereocenters. The Balaban J connectivity index is 0.00000341. The lowest BCUT2D eigenvalue weighted by Gasteiger charge is -2.35. The maximum Gasteiger partial charge on any atom is 0.191 e. The second-order valence-corrected chi connectivity index (χ2v) is 9.95.